The molecule has 0 aliphatic carbocycles. The first-order valence-electron chi connectivity index (χ1n) is 5.91. The second-order valence-corrected chi connectivity index (χ2v) is 5.48. The van der Waals surface area contributed by atoms with Crippen molar-refractivity contribution in [3.8, 4) is 0 Å². The maximum atomic E-state index is 12.3. The van der Waals surface area contributed by atoms with Crippen LogP contribution in [0.3, 0.4) is 0 Å². The molecule has 1 N–H and O–H groups in total. The quantitative estimate of drug-likeness (QED) is 0.636. The predicted molar refractivity (Wildman–Crippen MR) is 84.9 cm³/mol. The van der Waals surface area contributed by atoms with Gasteiger partial charge in [-0.1, -0.05) is 29.8 Å². The van der Waals surface area contributed by atoms with Crippen LogP contribution in [-0.4, -0.2) is 10.8 Å². The third-order valence-corrected chi connectivity index (χ3v) is 4.26. The van der Waals surface area contributed by atoms with Crippen LogP contribution in [-0.2, 0) is 0 Å². The molecule has 21 heavy (non-hydrogen) atoms. The third-order valence-electron chi connectivity index (χ3n) is 2.86. The molecule has 0 unspecified atom stereocenters. The van der Waals surface area contributed by atoms with Gasteiger partial charge in [0.1, 0.15) is 5.56 Å². The lowest BCUT2D eigenvalue weighted by Crippen LogP contribution is -2.15. The lowest BCUT2D eigenvalue weighted by molar-refractivity contribution is -0.385. The van der Waals surface area contributed by atoms with E-state index in [1.54, 1.807) is 37.3 Å². The maximum absolute atomic E-state index is 12.3. The van der Waals surface area contributed by atoms with Gasteiger partial charge < -0.3 is 5.32 Å². The van der Waals surface area contributed by atoms with Crippen molar-refractivity contribution < 1.29 is 9.72 Å². The maximum Gasteiger partial charge on any atom is 0.285 e. The average Bonchev–Trinajstić information content (AvgIpc) is 2.43. The monoisotopic (exact) mass is 368 g/mol. The molecule has 0 saturated carbocycles. The minimum absolute atomic E-state index is 0.00637. The Kier molecular flexibility index (Phi) is 4.59. The third kappa shape index (κ3) is 3.22. The normalized spacial score (nSPS) is 10.2. The van der Waals surface area contributed by atoms with Gasteiger partial charge >= 0.3 is 0 Å². The molecule has 0 atom stereocenters. The summed E-state index contributed by atoms with van der Waals surface area (Å²) in [6, 6.07) is 9.59. The van der Waals surface area contributed by atoms with Crippen molar-refractivity contribution in [3.05, 3.63) is 67.1 Å². The van der Waals surface area contributed by atoms with E-state index in [4.69, 9.17) is 11.6 Å². The zero-order valence-corrected chi connectivity index (χ0v) is 13.2. The Hall–Kier alpha value is -1.92. The van der Waals surface area contributed by atoms with Crippen LogP contribution in [0.25, 0.3) is 0 Å². The highest BCUT2D eigenvalue weighted by Gasteiger charge is 2.22. The highest BCUT2D eigenvalue weighted by molar-refractivity contribution is 9.10. The van der Waals surface area contributed by atoms with Gasteiger partial charge in [-0.3, -0.25) is 14.9 Å². The van der Waals surface area contributed by atoms with Gasteiger partial charge in [-0.05, 0) is 41.1 Å². The molecule has 0 heterocycles. The number of nitro benzene ring substituents is 1. The molecule has 0 bridgehead atoms. The van der Waals surface area contributed by atoms with Gasteiger partial charge in [0.05, 0.1) is 20.1 Å². The van der Waals surface area contributed by atoms with Crippen LogP contribution in [0.1, 0.15) is 15.9 Å². The number of hydrogen-bond donors (Lipinski definition) is 1. The molecule has 0 radical (unpaired) electrons. The van der Waals surface area contributed by atoms with Crippen LogP contribution in [0.4, 0.5) is 11.4 Å². The average molecular weight is 370 g/mol. The van der Waals surface area contributed by atoms with Crippen LogP contribution < -0.4 is 5.32 Å². The molecular weight excluding hydrogens is 360 g/mol. The van der Waals surface area contributed by atoms with Crippen LogP contribution >= 0.6 is 27.5 Å². The van der Waals surface area contributed by atoms with Crippen LogP contribution in [0, 0.1) is 17.0 Å². The Morgan fingerprint density at radius 1 is 1.29 bits per heavy atom. The second kappa shape index (κ2) is 6.24. The molecule has 0 saturated heterocycles. The minimum Gasteiger partial charge on any atom is -0.321 e. The lowest BCUT2D eigenvalue weighted by Gasteiger charge is -2.09. The minimum atomic E-state index is -0.562. The van der Waals surface area contributed by atoms with E-state index in [2.05, 4.69) is 21.2 Å². The SMILES string of the molecule is Cc1cccc(C(=O)Nc2cccc(Cl)c2Br)c1[N+](=O)[O-]. The van der Waals surface area contributed by atoms with Gasteiger partial charge in [-0.15, -0.1) is 0 Å². The summed E-state index contributed by atoms with van der Waals surface area (Å²) in [6.07, 6.45) is 0. The van der Waals surface area contributed by atoms with Gasteiger partial charge in [0, 0.05) is 5.56 Å². The van der Waals surface area contributed by atoms with Crippen molar-refractivity contribution in [3.63, 3.8) is 0 Å². The standard InChI is InChI=1S/C14H10BrClN2O3/c1-8-4-2-5-9(13(8)18(20)21)14(19)17-11-7-3-6-10(16)12(11)15/h2-7H,1H3,(H,17,19). The number of carbonyl (C=O) groups excluding carboxylic acids is 1. The molecule has 7 heteroatoms. The molecule has 5 nitrogen and oxygen atoms in total. The molecule has 2 rings (SSSR count). The van der Waals surface area contributed by atoms with Gasteiger partial charge in [0.15, 0.2) is 0 Å². The zero-order chi connectivity index (χ0) is 15.6. The molecule has 108 valence electrons. The van der Waals surface area contributed by atoms with Gasteiger partial charge in [-0.2, -0.15) is 0 Å². The van der Waals surface area contributed by atoms with E-state index in [0.29, 0.717) is 20.7 Å². The molecule has 0 aromatic heterocycles. The van der Waals surface area contributed by atoms with E-state index in [9.17, 15) is 14.9 Å². The van der Waals surface area contributed by atoms with Gasteiger partial charge in [-0.25, -0.2) is 0 Å². The number of benzene rings is 2. The van der Waals surface area contributed by atoms with Crippen molar-refractivity contribution >= 4 is 44.8 Å². The summed E-state index contributed by atoms with van der Waals surface area (Å²) in [5.74, 6) is -0.562. The summed E-state index contributed by atoms with van der Waals surface area (Å²) in [6.45, 7) is 1.59. The highest BCUT2D eigenvalue weighted by atomic mass is 79.9. The number of anilines is 1. The summed E-state index contributed by atoms with van der Waals surface area (Å²) < 4.78 is 0.523. The van der Waals surface area contributed by atoms with Crippen molar-refractivity contribution in [2.45, 2.75) is 6.92 Å². The molecular formula is C14H10BrClN2O3. The largest absolute Gasteiger partial charge is 0.321 e. The number of hydrogen-bond acceptors (Lipinski definition) is 3. The molecule has 0 aliphatic rings. The smallest absolute Gasteiger partial charge is 0.285 e. The first-order chi connectivity index (χ1) is 9.91. The fourth-order valence-corrected chi connectivity index (χ4v) is 2.41. The number of halogens is 2. The predicted octanol–water partition coefficient (Wildman–Crippen LogP) is 4.57. The molecule has 2 aromatic carbocycles. The Morgan fingerprint density at radius 2 is 1.95 bits per heavy atom. The molecule has 0 fully saturated rings. The number of nitro groups is 1. The van der Waals surface area contributed by atoms with Crippen molar-refractivity contribution in [2.75, 3.05) is 5.32 Å². The Balaban J connectivity index is 2.40. The summed E-state index contributed by atoms with van der Waals surface area (Å²) in [4.78, 5) is 22.8. The molecule has 2 aromatic rings. The fourth-order valence-electron chi connectivity index (χ4n) is 1.87. The Morgan fingerprint density at radius 3 is 2.62 bits per heavy atom. The number of nitrogens with one attached hydrogen (secondary N) is 1. The zero-order valence-electron chi connectivity index (χ0n) is 10.9. The van der Waals surface area contributed by atoms with Gasteiger partial charge in [0.25, 0.3) is 11.6 Å². The molecule has 1 amide bonds. The van der Waals surface area contributed by atoms with Crippen LogP contribution in [0.15, 0.2) is 40.9 Å². The fraction of sp³-hybridized carbons (Fsp3) is 0.0714. The summed E-state index contributed by atoms with van der Waals surface area (Å²) >= 11 is 9.21. The molecule has 0 spiro atoms. The first kappa shape index (κ1) is 15.5. The van der Waals surface area contributed by atoms with Crippen LogP contribution in [0.5, 0.6) is 0 Å². The van der Waals surface area contributed by atoms with E-state index in [-0.39, 0.29) is 11.3 Å². The number of para-hydroxylation sites is 1. The summed E-state index contributed by atoms with van der Waals surface area (Å²) in [7, 11) is 0. The van der Waals surface area contributed by atoms with Crippen molar-refractivity contribution in [2.24, 2.45) is 0 Å². The van der Waals surface area contributed by atoms with E-state index in [1.807, 2.05) is 0 Å². The van der Waals surface area contributed by atoms with E-state index in [0.717, 1.165) is 0 Å². The topological polar surface area (TPSA) is 72.2 Å². The number of aryl methyl sites for hydroxylation is 1. The lowest BCUT2D eigenvalue weighted by atomic mass is 10.1. The highest BCUT2D eigenvalue weighted by Crippen LogP contribution is 2.31. The van der Waals surface area contributed by atoms with E-state index < -0.39 is 10.8 Å². The van der Waals surface area contributed by atoms with Crippen molar-refractivity contribution in [1.82, 2.24) is 0 Å². The number of rotatable bonds is 3. The number of amides is 1. The molecule has 0 aliphatic heterocycles. The Labute approximate surface area is 134 Å². The Bertz CT molecular complexity index is 734. The number of carbonyl (C=O) groups is 1. The second-order valence-electron chi connectivity index (χ2n) is 4.28. The van der Waals surface area contributed by atoms with Gasteiger partial charge in [0.2, 0.25) is 0 Å². The first-order valence-corrected chi connectivity index (χ1v) is 7.08. The number of nitrogens with zero attached hydrogens (tertiary/aromatic N) is 1. The van der Waals surface area contributed by atoms with Crippen LogP contribution in [0.2, 0.25) is 5.02 Å². The van der Waals surface area contributed by atoms with E-state index in [1.165, 1.54) is 6.07 Å². The summed E-state index contributed by atoms with van der Waals surface area (Å²) in [5, 5.41) is 14.2. The summed E-state index contributed by atoms with van der Waals surface area (Å²) in [5.41, 5.74) is 0.682. The van der Waals surface area contributed by atoms with Crippen molar-refractivity contribution in [1.29, 1.82) is 0 Å². The van der Waals surface area contributed by atoms with E-state index >= 15 is 0 Å².